The van der Waals surface area contributed by atoms with E-state index in [0.29, 0.717) is 28.3 Å². The third-order valence-corrected chi connectivity index (χ3v) is 7.39. The molecule has 0 aliphatic carbocycles. The number of H-pyrrole nitrogens is 1. The van der Waals surface area contributed by atoms with Gasteiger partial charge in [-0.15, -0.1) is 0 Å². The van der Waals surface area contributed by atoms with Crippen LogP contribution in [0.5, 0.6) is 0 Å². The molecule has 1 unspecified atom stereocenters. The number of hydrogen-bond acceptors (Lipinski definition) is 4. The first kappa shape index (κ1) is 22.2. The largest absolute Gasteiger partial charge is 0.371 e. The number of anilines is 1. The van der Waals surface area contributed by atoms with Crippen LogP contribution in [0.4, 0.5) is 10.1 Å². The molecule has 1 N–H and O–H groups in total. The van der Waals surface area contributed by atoms with Crippen LogP contribution in [0.1, 0.15) is 19.3 Å². The lowest BCUT2D eigenvalue weighted by molar-refractivity contribution is -0.135. The number of imidazole rings is 1. The van der Waals surface area contributed by atoms with Gasteiger partial charge in [0, 0.05) is 55.5 Å². The molecule has 1 amide bonds. The number of carbonyl (C=O) groups excluding carboxylic acids is 1. The molecule has 174 valence electrons. The van der Waals surface area contributed by atoms with Gasteiger partial charge in [-0.2, -0.15) is 0 Å². The maximum absolute atomic E-state index is 13.6. The molecule has 0 radical (unpaired) electrons. The SMILES string of the molecule is CN(C)C1CCN(C(=O)C2CCN(c3ccc(Cl)c(-c4nc5cc(F)ccc5[nH]4)c3)CC2)C1. The van der Waals surface area contributed by atoms with Crippen LogP contribution in [0, 0.1) is 11.7 Å². The van der Waals surface area contributed by atoms with Crippen molar-refractivity contribution >= 4 is 34.2 Å². The number of likely N-dealkylation sites (N-methyl/N-ethyl adjacent to an activating group) is 1. The van der Waals surface area contributed by atoms with Crippen LogP contribution in [0.25, 0.3) is 22.4 Å². The number of likely N-dealkylation sites (tertiary alicyclic amines) is 1. The van der Waals surface area contributed by atoms with Crippen molar-refractivity contribution in [2.75, 3.05) is 45.2 Å². The lowest BCUT2D eigenvalue weighted by atomic mass is 9.95. The summed E-state index contributed by atoms with van der Waals surface area (Å²) >= 11 is 6.49. The van der Waals surface area contributed by atoms with Crippen molar-refractivity contribution in [3.8, 4) is 11.4 Å². The summed E-state index contributed by atoms with van der Waals surface area (Å²) in [6.45, 7) is 3.36. The van der Waals surface area contributed by atoms with Gasteiger partial charge in [0.25, 0.3) is 0 Å². The molecule has 2 saturated heterocycles. The summed E-state index contributed by atoms with van der Waals surface area (Å²) in [4.78, 5) is 27.4. The first-order valence-corrected chi connectivity index (χ1v) is 11.9. The molecular formula is C25H29ClFN5O. The Balaban J connectivity index is 1.28. The third-order valence-electron chi connectivity index (χ3n) is 7.06. The molecule has 1 atom stereocenters. The summed E-state index contributed by atoms with van der Waals surface area (Å²) in [7, 11) is 4.17. The van der Waals surface area contributed by atoms with E-state index in [2.05, 4.69) is 38.8 Å². The van der Waals surface area contributed by atoms with Crippen LogP contribution in [-0.2, 0) is 4.79 Å². The van der Waals surface area contributed by atoms with E-state index in [4.69, 9.17) is 11.6 Å². The molecular weight excluding hydrogens is 441 g/mol. The first-order valence-electron chi connectivity index (χ1n) is 11.5. The summed E-state index contributed by atoms with van der Waals surface area (Å²) < 4.78 is 13.6. The first-order chi connectivity index (χ1) is 15.9. The van der Waals surface area contributed by atoms with Gasteiger partial charge < -0.3 is 19.7 Å². The number of nitrogens with one attached hydrogen (secondary N) is 1. The van der Waals surface area contributed by atoms with Gasteiger partial charge in [0.15, 0.2) is 0 Å². The predicted molar refractivity (Wildman–Crippen MR) is 130 cm³/mol. The smallest absolute Gasteiger partial charge is 0.225 e. The topological polar surface area (TPSA) is 55.5 Å². The average Bonchev–Trinajstić information content (AvgIpc) is 3.46. The average molecular weight is 470 g/mol. The zero-order chi connectivity index (χ0) is 23.1. The van der Waals surface area contributed by atoms with Crippen LogP contribution in [0.15, 0.2) is 36.4 Å². The van der Waals surface area contributed by atoms with E-state index >= 15 is 0 Å². The Bertz CT molecular complexity index is 1170. The van der Waals surface area contributed by atoms with Crippen molar-refractivity contribution in [3.05, 3.63) is 47.2 Å². The Morgan fingerprint density at radius 2 is 1.91 bits per heavy atom. The monoisotopic (exact) mass is 469 g/mol. The Morgan fingerprint density at radius 3 is 2.64 bits per heavy atom. The van der Waals surface area contributed by atoms with Crippen LogP contribution in [0.2, 0.25) is 5.02 Å². The van der Waals surface area contributed by atoms with E-state index in [1.54, 1.807) is 6.07 Å². The van der Waals surface area contributed by atoms with Crippen LogP contribution < -0.4 is 4.90 Å². The molecule has 2 aromatic carbocycles. The van der Waals surface area contributed by atoms with Crippen LogP contribution in [-0.4, -0.2) is 72.0 Å². The third kappa shape index (κ3) is 4.44. The van der Waals surface area contributed by atoms with Gasteiger partial charge in [0.2, 0.25) is 5.91 Å². The summed E-state index contributed by atoms with van der Waals surface area (Å²) in [5, 5.41) is 0.591. The molecule has 0 saturated carbocycles. The predicted octanol–water partition coefficient (Wildman–Crippen LogP) is 4.40. The molecule has 3 heterocycles. The number of nitrogens with zero attached hydrogens (tertiary/aromatic N) is 4. The highest BCUT2D eigenvalue weighted by molar-refractivity contribution is 6.33. The zero-order valence-corrected chi connectivity index (χ0v) is 19.8. The molecule has 2 fully saturated rings. The fourth-order valence-corrected chi connectivity index (χ4v) is 5.21. The van der Waals surface area contributed by atoms with Gasteiger partial charge in [0.1, 0.15) is 11.6 Å². The van der Waals surface area contributed by atoms with E-state index in [-0.39, 0.29) is 11.7 Å². The summed E-state index contributed by atoms with van der Waals surface area (Å²) in [5.41, 5.74) is 3.19. The second kappa shape index (κ2) is 8.95. The minimum atomic E-state index is -0.316. The van der Waals surface area contributed by atoms with E-state index in [1.807, 2.05) is 18.2 Å². The zero-order valence-electron chi connectivity index (χ0n) is 19.0. The maximum atomic E-state index is 13.6. The van der Waals surface area contributed by atoms with Crippen LogP contribution in [0.3, 0.4) is 0 Å². The molecule has 2 aliphatic rings. The lowest BCUT2D eigenvalue weighted by Gasteiger charge is -2.35. The van der Waals surface area contributed by atoms with Gasteiger partial charge in [-0.1, -0.05) is 11.6 Å². The number of hydrogen-bond donors (Lipinski definition) is 1. The van der Waals surface area contributed by atoms with Crippen LogP contribution >= 0.6 is 11.6 Å². The number of piperidine rings is 1. The summed E-state index contributed by atoms with van der Waals surface area (Å²) in [6.07, 6.45) is 2.76. The van der Waals surface area contributed by atoms with Crippen molar-refractivity contribution < 1.29 is 9.18 Å². The number of benzene rings is 2. The fraction of sp³-hybridized carbons (Fsp3) is 0.440. The van der Waals surface area contributed by atoms with Gasteiger partial charge in [-0.25, -0.2) is 9.37 Å². The van der Waals surface area contributed by atoms with E-state index < -0.39 is 0 Å². The fourth-order valence-electron chi connectivity index (χ4n) is 5.00. The number of halogens is 2. The minimum Gasteiger partial charge on any atom is -0.371 e. The molecule has 5 rings (SSSR count). The second-order valence-electron chi connectivity index (χ2n) is 9.36. The Labute approximate surface area is 198 Å². The number of carbonyl (C=O) groups is 1. The minimum absolute atomic E-state index is 0.0965. The highest BCUT2D eigenvalue weighted by atomic mass is 35.5. The van der Waals surface area contributed by atoms with Gasteiger partial charge >= 0.3 is 0 Å². The lowest BCUT2D eigenvalue weighted by Crippen LogP contribution is -2.43. The summed E-state index contributed by atoms with van der Waals surface area (Å²) in [6, 6.07) is 10.9. The van der Waals surface area contributed by atoms with E-state index in [9.17, 15) is 9.18 Å². The van der Waals surface area contributed by atoms with Gasteiger partial charge in [-0.3, -0.25) is 4.79 Å². The van der Waals surface area contributed by atoms with Crippen molar-refractivity contribution in [1.82, 2.24) is 19.8 Å². The van der Waals surface area contributed by atoms with E-state index in [0.717, 1.165) is 62.2 Å². The Hall–Kier alpha value is -2.64. The number of fused-ring (bicyclic) bond motifs is 1. The highest BCUT2D eigenvalue weighted by Crippen LogP contribution is 2.33. The van der Waals surface area contributed by atoms with Crippen molar-refractivity contribution in [2.24, 2.45) is 5.92 Å². The molecule has 1 aromatic heterocycles. The maximum Gasteiger partial charge on any atom is 0.225 e. The molecule has 2 aliphatic heterocycles. The Kier molecular flexibility index (Phi) is 6.01. The van der Waals surface area contributed by atoms with Gasteiger partial charge in [-0.05, 0) is 63.7 Å². The number of amides is 1. The summed E-state index contributed by atoms with van der Waals surface area (Å²) in [5.74, 6) is 0.713. The standard InChI is InChI=1S/C25H29ClFN5O/c1-30(2)19-9-12-32(15-19)25(33)16-7-10-31(11-8-16)18-4-5-21(26)20(14-18)24-28-22-6-3-17(27)13-23(22)29-24/h3-6,13-14,16,19H,7-12,15H2,1-2H3,(H,28,29). The normalized spacial score (nSPS) is 19.7. The van der Waals surface area contributed by atoms with Crippen molar-refractivity contribution in [2.45, 2.75) is 25.3 Å². The van der Waals surface area contributed by atoms with Gasteiger partial charge in [0.05, 0.1) is 16.1 Å². The number of aromatic amines is 1. The van der Waals surface area contributed by atoms with Crippen molar-refractivity contribution in [1.29, 1.82) is 0 Å². The molecule has 0 spiro atoms. The van der Waals surface area contributed by atoms with Crippen molar-refractivity contribution in [3.63, 3.8) is 0 Å². The molecule has 8 heteroatoms. The Morgan fingerprint density at radius 1 is 1.12 bits per heavy atom. The quantitative estimate of drug-likeness (QED) is 0.615. The highest BCUT2D eigenvalue weighted by Gasteiger charge is 2.33. The number of aromatic nitrogens is 2. The molecule has 0 bridgehead atoms. The number of rotatable bonds is 4. The molecule has 33 heavy (non-hydrogen) atoms. The molecule has 3 aromatic rings. The second-order valence-corrected chi connectivity index (χ2v) is 9.77. The van der Waals surface area contributed by atoms with E-state index in [1.165, 1.54) is 12.1 Å². The molecule has 6 nitrogen and oxygen atoms in total.